The van der Waals surface area contributed by atoms with Crippen molar-refractivity contribution in [3.05, 3.63) is 29.7 Å². The summed E-state index contributed by atoms with van der Waals surface area (Å²) in [6.45, 7) is 14.5. The molecule has 1 amide bonds. The Balaban J connectivity index is 1.91. The van der Waals surface area contributed by atoms with Gasteiger partial charge in [0.2, 0.25) is 5.88 Å². The molecule has 0 aromatic carbocycles. The molecule has 1 aliphatic rings. The van der Waals surface area contributed by atoms with Crippen LogP contribution in [0, 0.1) is 11.8 Å². The van der Waals surface area contributed by atoms with Crippen LogP contribution in [0.4, 0.5) is 10.5 Å². The van der Waals surface area contributed by atoms with Crippen LogP contribution in [-0.4, -0.2) is 73.8 Å². The molecular weight excluding hydrogens is 468 g/mol. The van der Waals surface area contributed by atoms with E-state index in [9.17, 15) is 4.79 Å². The summed E-state index contributed by atoms with van der Waals surface area (Å²) in [7, 11) is 1.57. The molecule has 1 saturated heterocycles. The van der Waals surface area contributed by atoms with Crippen LogP contribution in [0.25, 0.3) is 0 Å². The lowest BCUT2D eigenvalue weighted by Gasteiger charge is -2.28. The molecule has 1 aromatic rings. The largest absolute Gasteiger partial charge is 0.481 e. The minimum atomic E-state index is -0.480. The SMILES string of the molecule is C=N/C(NCCC)=C(C#CCCCNC[C@@H]1CCCN1C(=O)OC(C)(C)C)\C=N/c1ccnc(OC)c1. The quantitative estimate of drug-likeness (QED) is 0.244. The Bertz CT molecular complexity index is 1000. The number of aromatic nitrogens is 1. The lowest BCUT2D eigenvalue weighted by atomic mass is 10.2. The van der Waals surface area contributed by atoms with E-state index in [0.717, 1.165) is 51.9 Å². The monoisotopic (exact) mass is 510 g/mol. The zero-order valence-electron chi connectivity index (χ0n) is 23.0. The van der Waals surface area contributed by atoms with Crippen LogP contribution in [0.1, 0.15) is 59.8 Å². The summed E-state index contributed by atoms with van der Waals surface area (Å²) in [5.41, 5.74) is 0.903. The Labute approximate surface area is 221 Å². The molecule has 2 rings (SSSR count). The van der Waals surface area contributed by atoms with Gasteiger partial charge in [-0.3, -0.25) is 4.99 Å². The van der Waals surface area contributed by atoms with Gasteiger partial charge >= 0.3 is 6.09 Å². The fourth-order valence-electron chi connectivity index (χ4n) is 3.70. The fourth-order valence-corrected chi connectivity index (χ4v) is 3.70. The summed E-state index contributed by atoms with van der Waals surface area (Å²) in [6, 6.07) is 3.72. The van der Waals surface area contributed by atoms with E-state index in [2.05, 4.69) is 51.1 Å². The summed E-state index contributed by atoms with van der Waals surface area (Å²) in [4.78, 5) is 27.0. The maximum absolute atomic E-state index is 12.4. The first kappa shape index (κ1) is 29.8. The predicted molar refractivity (Wildman–Crippen MR) is 150 cm³/mol. The highest BCUT2D eigenvalue weighted by Gasteiger charge is 2.31. The zero-order chi connectivity index (χ0) is 27.1. The molecule has 0 saturated carbocycles. The number of nitrogens with zero attached hydrogens (tertiary/aromatic N) is 4. The second-order valence-corrected chi connectivity index (χ2v) is 9.74. The molecular formula is C28H42N6O3. The number of carbonyl (C=O) groups excluding carboxylic acids is 1. The molecule has 9 nitrogen and oxygen atoms in total. The van der Waals surface area contributed by atoms with Gasteiger partial charge in [0.1, 0.15) is 11.4 Å². The zero-order valence-corrected chi connectivity index (χ0v) is 23.0. The van der Waals surface area contributed by atoms with Crippen molar-refractivity contribution in [2.24, 2.45) is 9.98 Å². The summed E-state index contributed by atoms with van der Waals surface area (Å²) >= 11 is 0. The molecule has 2 N–H and O–H groups in total. The minimum Gasteiger partial charge on any atom is -0.481 e. The number of aliphatic imine (C=N–C) groups is 2. The number of ether oxygens (including phenoxy) is 2. The Morgan fingerprint density at radius 1 is 1.38 bits per heavy atom. The van der Waals surface area contributed by atoms with Gasteiger partial charge in [0.05, 0.1) is 18.4 Å². The molecule has 0 bridgehead atoms. The van der Waals surface area contributed by atoms with E-state index in [4.69, 9.17) is 9.47 Å². The van der Waals surface area contributed by atoms with Crippen molar-refractivity contribution in [3.8, 4) is 17.7 Å². The van der Waals surface area contributed by atoms with Crippen LogP contribution in [0.15, 0.2) is 39.7 Å². The Morgan fingerprint density at radius 3 is 2.89 bits per heavy atom. The van der Waals surface area contributed by atoms with Crippen molar-refractivity contribution in [2.45, 2.75) is 71.4 Å². The molecule has 1 aliphatic heterocycles. The number of methoxy groups -OCH3 is 1. The topological polar surface area (TPSA) is 100 Å². The molecule has 0 unspecified atom stereocenters. The van der Waals surface area contributed by atoms with E-state index in [1.807, 2.05) is 25.7 Å². The molecule has 37 heavy (non-hydrogen) atoms. The van der Waals surface area contributed by atoms with Crippen LogP contribution >= 0.6 is 0 Å². The highest BCUT2D eigenvalue weighted by Crippen LogP contribution is 2.20. The van der Waals surface area contributed by atoms with Gasteiger partial charge in [-0.25, -0.2) is 14.8 Å². The number of likely N-dealkylation sites (tertiary alicyclic amines) is 1. The molecule has 1 aromatic heterocycles. The summed E-state index contributed by atoms with van der Waals surface area (Å²) in [5.74, 6) is 7.53. The van der Waals surface area contributed by atoms with Gasteiger partial charge in [-0.1, -0.05) is 18.8 Å². The molecule has 1 fully saturated rings. The number of carbonyl (C=O) groups is 1. The van der Waals surface area contributed by atoms with E-state index >= 15 is 0 Å². The van der Waals surface area contributed by atoms with Gasteiger partial charge in [0, 0.05) is 50.6 Å². The number of hydrogen-bond acceptors (Lipinski definition) is 8. The van der Waals surface area contributed by atoms with Crippen molar-refractivity contribution in [1.29, 1.82) is 0 Å². The van der Waals surface area contributed by atoms with Crippen molar-refractivity contribution < 1.29 is 14.3 Å². The summed E-state index contributed by atoms with van der Waals surface area (Å²) < 4.78 is 10.7. The number of nitrogens with one attached hydrogen (secondary N) is 2. The highest BCUT2D eigenvalue weighted by molar-refractivity contribution is 5.87. The van der Waals surface area contributed by atoms with Crippen LogP contribution < -0.4 is 15.4 Å². The predicted octanol–water partition coefficient (Wildman–Crippen LogP) is 4.48. The molecule has 0 radical (unpaired) electrons. The van der Waals surface area contributed by atoms with Gasteiger partial charge in [-0.05, 0) is 65.8 Å². The van der Waals surface area contributed by atoms with Crippen LogP contribution in [0.5, 0.6) is 5.88 Å². The molecule has 2 heterocycles. The maximum Gasteiger partial charge on any atom is 0.410 e. The number of unbranched alkanes of at least 4 members (excludes halogenated alkanes) is 1. The first-order valence-corrected chi connectivity index (χ1v) is 13.0. The highest BCUT2D eigenvalue weighted by atomic mass is 16.6. The second-order valence-electron chi connectivity index (χ2n) is 9.74. The molecule has 0 aliphatic carbocycles. The number of hydrogen-bond donors (Lipinski definition) is 2. The third-order valence-electron chi connectivity index (χ3n) is 5.49. The van der Waals surface area contributed by atoms with Gasteiger partial charge in [-0.2, -0.15) is 0 Å². The standard InChI is InChI=1S/C28H42N6O3/c1-7-15-32-26(29-5)22(20-33-23-14-17-31-25(19-23)36-6)12-9-8-10-16-30-21-24-13-11-18-34(24)27(35)37-28(2,3)4/h14,17,19-20,24,30,32H,5,7-8,10-11,13,15-16,18,21H2,1-4,6H3/b26-22+,33-20-/t24-/m0/s1. The normalized spacial score (nSPS) is 16.1. The Kier molecular flexibility index (Phi) is 12.6. The first-order chi connectivity index (χ1) is 17.8. The summed E-state index contributed by atoms with van der Waals surface area (Å²) in [6.07, 6.45) is 7.67. The number of rotatable bonds is 12. The number of allylic oxidation sites excluding steroid dienone is 1. The maximum atomic E-state index is 12.4. The average molecular weight is 511 g/mol. The molecule has 0 spiro atoms. The third-order valence-corrected chi connectivity index (χ3v) is 5.49. The van der Waals surface area contributed by atoms with E-state index in [1.165, 1.54) is 0 Å². The summed E-state index contributed by atoms with van der Waals surface area (Å²) in [5, 5.41) is 6.73. The van der Waals surface area contributed by atoms with Gasteiger partial charge in [0.25, 0.3) is 0 Å². The van der Waals surface area contributed by atoms with Gasteiger partial charge in [0.15, 0.2) is 0 Å². The molecule has 202 valence electrons. The van der Waals surface area contributed by atoms with Gasteiger partial charge < -0.3 is 25.0 Å². The van der Waals surface area contributed by atoms with Crippen LogP contribution in [0.3, 0.4) is 0 Å². The molecule has 9 heteroatoms. The van der Waals surface area contributed by atoms with Crippen molar-refractivity contribution in [3.63, 3.8) is 0 Å². The minimum absolute atomic E-state index is 0.171. The lowest BCUT2D eigenvalue weighted by molar-refractivity contribution is 0.0226. The van der Waals surface area contributed by atoms with E-state index in [1.54, 1.807) is 31.7 Å². The smallest absolute Gasteiger partial charge is 0.410 e. The average Bonchev–Trinajstić information content (AvgIpc) is 3.34. The van der Waals surface area contributed by atoms with Crippen LogP contribution in [-0.2, 0) is 4.74 Å². The fraction of sp³-hybridized carbons (Fsp3) is 0.571. The number of pyridine rings is 1. The van der Waals surface area contributed by atoms with Crippen LogP contribution in [0.2, 0.25) is 0 Å². The van der Waals surface area contributed by atoms with Crippen molar-refractivity contribution >= 4 is 24.7 Å². The lowest BCUT2D eigenvalue weighted by Crippen LogP contribution is -2.44. The first-order valence-electron chi connectivity index (χ1n) is 13.0. The van der Waals surface area contributed by atoms with Gasteiger partial charge in [-0.15, -0.1) is 0 Å². The van der Waals surface area contributed by atoms with Crippen molar-refractivity contribution in [1.82, 2.24) is 20.5 Å². The van der Waals surface area contributed by atoms with E-state index < -0.39 is 5.60 Å². The van der Waals surface area contributed by atoms with E-state index in [-0.39, 0.29) is 12.1 Å². The van der Waals surface area contributed by atoms with Crippen molar-refractivity contribution in [2.75, 3.05) is 33.3 Å². The number of amides is 1. The second kappa shape index (κ2) is 15.7. The third kappa shape index (κ3) is 11.0. The van der Waals surface area contributed by atoms with E-state index in [0.29, 0.717) is 29.4 Å². The molecule has 1 atom stereocenters. The Hall–Kier alpha value is -3.38. The Morgan fingerprint density at radius 2 is 2.19 bits per heavy atom.